The van der Waals surface area contributed by atoms with E-state index in [1.165, 1.54) is 6.92 Å². The van der Waals surface area contributed by atoms with E-state index in [1.54, 1.807) is 0 Å². The molecule has 1 N–H and O–H groups in total. The summed E-state index contributed by atoms with van der Waals surface area (Å²) in [5.74, 6) is 1.28. The van der Waals surface area contributed by atoms with Crippen LogP contribution in [-0.2, 0) is 14.6 Å². The van der Waals surface area contributed by atoms with E-state index in [1.807, 2.05) is 11.2 Å². The molecule has 1 aliphatic heterocycles. The molecule has 1 unspecified atom stereocenters. The van der Waals surface area contributed by atoms with Gasteiger partial charge in [0.2, 0.25) is 0 Å². The number of rotatable bonds is 2. The molecule has 28 heavy (non-hydrogen) atoms. The molecule has 0 bridgehead atoms. The van der Waals surface area contributed by atoms with E-state index in [4.69, 9.17) is 0 Å². The molecule has 1 saturated carbocycles. The van der Waals surface area contributed by atoms with Gasteiger partial charge in [0.15, 0.2) is 0 Å². The Kier molecular flexibility index (Phi) is 4.71. The maximum absolute atomic E-state index is 14.2. The molecule has 0 saturated heterocycles. The van der Waals surface area contributed by atoms with Gasteiger partial charge < -0.3 is 5.32 Å². The summed E-state index contributed by atoms with van der Waals surface area (Å²) >= 11 is 0. The van der Waals surface area contributed by atoms with E-state index in [0.29, 0.717) is 18.9 Å². The molecule has 0 spiro atoms. The first-order chi connectivity index (χ1) is 13.1. The molecule has 1 aromatic carbocycles. The van der Waals surface area contributed by atoms with Crippen molar-refractivity contribution in [1.29, 1.82) is 0 Å². The lowest BCUT2D eigenvalue weighted by Crippen LogP contribution is -2.69. The van der Waals surface area contributed by atoms with Crippen LogP contribution in [0.2, 0.25) is 0 Å². The van der Waals surface area contributed by atoms with Crippen LogP contribution in [0.3, 0.4) is 0 Å². The maximum atomic E-state index is 14.2. The number of carbonyl (C=O) groups excluding carboxylic acids is 2. The molecular weight excluding hydrogens is 384 g/mol. The van der Waals surface area contributed by atoms with Crippen LogP contribution in [0.15, 0.2) is 30.5 Å². The fourth-order valence-electron chi connectivity index (χ4n) is 2.54. The van der Waals surface area contributed by atoms with Crippen molar-refractivity contribution in [1.82, 2.24) is 0 Å². The van der Waals surface area contributed by atoms with Crippen molar-refractivity contribution >= 4 is 23.4 Å². The molecular formula is C18H14F4N2O4. The van der Waals surface area contributed by atoms with Crippen molar-refractivity contribution in [3.05, 3.63) is 36.4 Å². The molecule has 1 fully saturated rings. The molecule has 1 atom stereocenters. The van der Waals surface area contributed by atoms with Gasteiger partial charge in [0, 0.05) is 5.92 Å². The van der Waals surface area contributed by atoms with Crippen molar-refractivity contribution in [3.8, 4) is 11.8 Å². The average Bonchev–Trinajstić information content (AvgIpc) is 3.41. The largest absolute Gasteiger partial charge is 0.459 e. The van der Waals surface area contributed by atoms with Crippen LogP contribution < -0.4 is 10.2 Å². The highest BCUT2D eigenvalue weighted by Crippen LogP contribution is 2.46. The summed E-state index contributed by atoms with van der Waals surface area (Å²) in [6.45, 7) is 4.58. The number of alkyl halides is 3. The van der Waals surface area contributed by atoms with E-state index in [-0.39, 0.29) is 22.3 Å². The molecule has 1 aliphatic carbocycles. The lowest BCUT2D eigenvalue weighted by atomic mass is 9.91. The van der Waals surface area contributed by atoms with Crippen LogP contribution in [-0.4, -0.2) is 23.7 Å². The summed E-state index contributed by atoms with van der Waals surface area (Å²) in [6.07, 6.45) is -5.87. The Hall–Kier alpha value is -3.22. The van der Waals surface area contributed by atoms with Gasteiger partial charge in [0.05, 0.1) is 11.4 Å². The number of nitrogens with zero attached hydrogens (tertiary/aromatic N) is 1. The number of allylic oxidation sites excluding steroid dienone is 1. The Labute approximate surface area is 157 Å². The predicted octanol–water partition coefficient (Wildman–Crippen LogP) is 3.90. The number of hydrogen-bond acceptors (Lipinski definition) is 4. The fraction of sp³-hybridized carbons (Fsp3) is 0.333. The molecule has 2 aliphatic rings. The number of halogens is 4. The van der Waals surface area contributed by atoms with Gasteiger partial charge in [-0.15, -0.1) is 0 Å². The van der Waals surface area contributed by atoms with Gasteiger partial charge in [-0.25, -0.2) is 19.0 Å². The number of fused-ring (bicyclic) bond motifs is 1. The molecule has 0 radical (unpaired) electrons. The van der Waals surface area contributed by atoms with E-state index >= 15 is 0 Å². The lowest BCUT2D eigenvalue weighted by Gasteiger charge is -2.42. The molecule has 1 heterocycles. The topological polar surface area (TPSA) is 67.9 Å². The third-order valence-electron chi connectivity index (χ3n) is 4.00. The first kappa shape index (κ1) is 19.5. The fourth-order valence-corrected chi connectivity index (χ4v) is 2.54. The summed E-state index contributed by atoms with van der Waals surface area (Å²) in [5, 5.41) is 2.04. The van der Waals surface area contributed by atoms with E-state index in [2.05, 4.69) is 22.3 Å². The lowest BCUT2D eigenvalue weighted by molar-refractivity contribution is -0.206. The first-order valence-corrected chi connectivity index (χ1v) is 8.11. The zero-order valence-corrected chi connectivity index (χ0v) is 14.5. The second kappa shape index (κ2) is 6.74. The minimum Gasteiger partial charge on any atom is -0.321 e. The van der Waals surface area contributed by atoms with Crippen molar-refractivity contribution in [3.63, 3.8) is 0 Å². The highest BCUT2D eigenvalue weighted by molar-refractivity contribution is 6.15. The Bertz CT molecular complexity index is 914. The molecule has 6 nitrogen and oxygen atoms in total. The average molecular weight is 398 g/mol. The van der Waals surface area contributed by atoms with Gasteiger partial charge in [-0.05, 0) is 38.0 Å². The molecule has 0 aromatic heterocycles. The summed E-state index contributed by atoms with van der Waals surface area (Å²) in [7, 11) is 0. The second-order valence-corrected chi connectivity index (χ2v) is 6.34. The van der Waals surface area contributed by atoms with Crippen molar-refractivity contribution in [2.75, 3.05) is 10.2 Å². The number of amides is 2. The molecule has 148 valence electrons. The number of benzene rings is 1. The van der Waals surface area contributed by atoms with Crippen LogP contribution in [0.5, 0.6) is 0 Å². The molecule has 10 heteroatoms. The minimum absolute atomic E-state index is 0.0391. The van der Waals surface area contributed by atoms with Gasteiger partial charge in [-0.2, -0.15) is 13.2 Å². The van der Waals surface area contributed by atoms with Gasteiger partial charge in [-0.3, -0.25) is 9.68 Å². The van der Waals surface area contributed by atoms with Crippen molar-refractivity contribution in [2.24, 2.45) is 5.92 Å². The monoisotopic (exact) mass is 398 g/mol. The Morgan fingerprint density at radius 1 is 1.36 bits per heavy atom. The minimum atomic E-state index is -5.33. The third kappa shape index (κ3) is 3.35. The first-order valence-electron chi connectivity index (χ1n) is 8.11. The van der Waals surface area contributed by atoms with Crippen molar-refractivity contribution in [2.45, 2.75) is 31.5 Å². The van der Waals surface area contributed by atoms with Gasteiger partial charge in [-0.1, -0.05) is 18.4 Å². The summed E-state index contributed by atoms with van der Waals surface area (Å²) in [6, 6.07) is 2.61. The number of carbonyl (C=O) groups is 2. The van der Waals surface area contributed by atoms with Gasteiger partial charge in [0.1, 0.15) is 11.6 Å². The van der Waals surface area contributed by atoms with Crippen LogP contribution >= 0.6 is 0 Å². The number of hydrogen-bond donors (Lipinski definition) is 1. The van der Waals surface area contributed by atoms with Gasteiger partial charge in [0.25, 0.3) is 11.4 Å². The van der Waals surface area contributed by atoms with Crippen LogP contribution in [0.25, 0.3) is 0 Å². The third-order valence-corrected chi connectivity index (χ3v) is 4.00. The maximum Gasteiger partial charge on any atom is 0.459 e. The summed E-state index contributed by atoms with van der Waals surface area (Å²) in [4.78, 5) is 33.9. The highest BCUT2D eigenvalue weighted by atomic mass is 19.4. The molecule has 1 aromatic rings. The van der Waals surface area contributed by atoms with Crippen LogP contribution in [0.1, 0.15) is 19.8 Å². The smallest absolute Gasteiger partial charge is 0.321 e. The number of nitrogens with one attached hydrogen (secondary N) is 1. The highest BCUT2D eigenvalue weighted by Gasteiger charge is 2.68. The Balaban J connectivity index is 2.21. The van der Waals surface area contributed by atoms with Gasteiger partial charge >= 0.3 is 12.3 Å². The van der Waals surface area contributed by atoms with E-state index in [0.717, 1.165) is 12.1 Å². The molecule has 3 rings (SSSR count). The predicted molar refractivity (Wildman–Crippen MR) is 89.2 cm³/mol. The van der Waals surface area contributed by atoms with Crippen molar-refractivity contribution < 1.29 is 36.9 Å². The summed E-state index contributed by atoms with van der Waals surface area (Å²) < 4.78 is 56.2. The Morgan fingerprint density at radius 3 is 2.61 bits per heavy atom. The van der Waals surface area contributed by atoms with Crippen LogP contribution in [0, 0.1) is 23.6 Å². The quantitative estimate of drug-likeness (QED) is 0.270. The van der Waals surface area contributed by atoms with E-state index < -0.39 is 35.2 Å². The zero-order chi connectivity index (χ0) is 20.7. The van der Waals surface area contributed by atoms with Crippen LogP contribution in [0.4, 0.5) is 33.7 Å². The Morgan fingerprint density at radius 2 is 2.04 bits per heavy atom. The van der Waals surface area contributed by atoms with E-state index in [9.17, 15) is 27.2 Å². The normalized spacial score (nSPS) is 21.0. The SMILES string of the molecule is C=C(C)OOC(=O)N1c2cc(F)ccc2NC(=O)C1(C#CC1CC1)C(F)(F)F. The number of anilines is 2. The second-order valence-electron chi connectivity index (χ2n) is 6.34. The standard InChI is InChI=1S/C18H14F4N2O4/c1-10(2)27-28-16(26)24-14-9-12(19)5-6-13(14)23-15(25)17(24,18(20,21)22)8-7-11-3-4-11/h5-6,9,11H,1,3-4H2,2H3,(H,23,25). The summed E-state index contributed by atoms with van der Waals surface area (Å²) in [5.41, 5.74) is -4.41. The zero-order valence-electron chi connectivity index (χ0n) is 14.5. The molecule has 2 amide bonds.